The smallest absolute Gasteiger partial charge is 0.263 e. The molecule has 2 aromatic rings. The van der Waals surface area contributed by atoms with Gasteiger partial charge in [-0.2, -0.15) is 0 Å². The Bertz CT molecular complexity index is 689. The predicted molar refractivity (Wildman–Crippen MR) is 88.6 cm³/mol. The third-order valence-corrected chi connectivity index (χ3v) is 3.98. The van der Waals surface area contributed by atoms with Gasteiger partial charge in [0.05, 0.1) is 25.2 Å². The van der Waals surface area contributed by atoms with Crippen molar-refractivity contribution in [2.75, 3.05) is 36.4 Å². The van der Waals surface area contributed by atoms with Gasteiger partial charge in [-0.25, -0.2) is 8.78 Å². The summed E-state index contributed by atoms with van der Waals surface area (Å²) in [6, 6.07) is 10.1. The number of hydrogen-bond acceptors (Lipinski definition) is 4. The number of methoxy groups -OCH3 is 1. The third-order valence-electron chi connectivity index (χ3n) is 3.98. The molecule has 6 heteroatoms. The molecule has 1 aliphatic heterocycles. The van der Waals surface area contributed by atoms with E-state index in [1.807, 2.05) is 19.2 Å². The molecule has 0 radical (unpaired) electrons. The Morgan fingerprint density at radius 2 is 1.96 bits per heavy atom. The topological polar surface area (TPSA) is 36.5 Å². The molecule has 3 rings (SSSR count). The van der Waals surface area contributed by atoms with Crippen LogP contribution in [0.1, 0.15) is 17.6 Å². The minimum Gasteiger partial charge on any atom is -0.496 e. The summed E-state index contributed by atoms with van der Waals surface area (Å²) in [5.74, 6) is 0.802. The van der Waals surface area contributed by atoms with Gasteiger partial charge >= 0.3 is 0 Å². The van der Waals surface area contributed by atoms with Gasteiger partial charge in [-0.05, 0) is 24.3 Å². The number of rotatable bonds is 5. The van der Waals surface area contributed by atoms with Crippen LogP contribution in [0.3, 0.4) is 0 Å². The van der Waals surface area contributed by atoms with Crippen LogP contribution in [0.25, 0.3) is 0 Å². The highest BCUT2D eigenvalue weighted by atomic mass is 19.3. The molecule has 0 unspecified atom stereocenters. The van der Waals surface area contributed by atoms with E-state index in [1.165, 1.54) is 12.1 Å². The van der Waals surface area contributed by atoms with Gasteiger partial charge in [-0.15, -0.1) is 0 Å². The summed E-state index contributed by atoms with van der Waals surface area (Å²) in [7, 11) is 3.66. The summed E-state index contributed by atoms with van der Waals surface area (Å²) in [6.07, 6.45) is -2.44. The lowest BCUT2D eigenvalue weighted by atomic mass is 10.1. The van der Waals surface area contributed by atoms with Crippen LogP contribution in [0.15, 0.2) is 36.4 Å². The molecule has 1 heterocycles. The molecule has 2 aromatic carbocycles. The lowest BCUT2D eigenvalue weighted by Crippen LogP contribution is -2.18. The highest BCUT2D eigenvalue weighted by molar-refractivity contribution is 5.80. The average molecular weight is 319 g/mol. The second-order valence-corrected chi connectivity index (χ2v) is 5.45. The van der Waals surface area contributed by atoms with Crippen molar-refractivity contribution in [3.8, 4) is 5.75 Å². The summed E-state index contributed by atoms with van der Waals surface area (Å²) >= 11 is 0. The molecule has 23 heavy (non-hydrogen) atoms. The summed E-state index contributed by atoms with van der Waals surface area (Å²) in [4.78, 5) is 2.12. The zero-order valence-corrected chi connectivity index (χ0v) is 13.1. The standard InChI is InChI=1S/C17H19F2N3O/c1-22-10-21-14-7-8-15(23-2)13(16(14)22)9-20-12-5-3-11(4-6-12)17(18)19/h3-8,17,20-21H,9-10H2,1-2H3. The number of hydrogen-bond donors (Lipinski definition) is 2. The molecule has 0 bridgehead atoms. The third kappa shape index (κ3) is 3.02. The van der Waals surface area contributed by atoms with Gasteiger partial charge in [0.2, 0.25) is 0 Å². The molecule has 2 N–H and O–H groups in total. The molecule has 0 atom stereocenters. The van der Waals surface area contributed by atoms with E-state index in [-0.39, 0.29) is 5.56 Å². The van der Waals surface area contributed by atoms with Crippen LogP contribution >= 0.6 is 0 Å². The highest BCUT2D eigenvalue weighted by Crippen LogP contribution is 2.39. The second kappa shape index (κ2) is 6.32. The van der Waals surface area contributed by atoms with Crippen molar-refractivity contribution < 1.29 is 13.5 Å². The maximum Gasteiger partial charge on any atom is 0.263 e. The van der Waals surface area contributed by atoms with E-state index in [0.717, 1.165) is 35.0 Å². The van der Waals surface area contributed by atoms with Crippen LogP contribution in [0, 0.1) is 0 Å². The van der Waals surface area contributed by atoms with Crippen molar-refractivity contribution in [1.29, 1.82) is 0 Å². The number of nitrogens with one attached hydrogen (secondary N) is 2. The largest absolute Gasteiger partial charge is 0.496 e. The normalized spacial score (nSPS) is 13.0. The summed E-state index contributed by atoms with van der Waals surface area (Å²) < 4.78 is 30.6. The molecule has 0 spiro atoms. The van der Waals surface area contributed by atoms with Crippen molar-refractivity contribution in [2.45, 2.75) is 13.0 Å². The number of nitrogens with zero attached hydrogens (tertiary/aromatic N) is 1. The molecule has 122 valence electrons. The first-order valence-corrected chi connectivity index (χ1v) is 7.37. The quantitative estimate of drug-likeness (QED) is 0.871. The van der Waals surface area contributed by atoms with Gasteiger partial charge in [-0.3, -0.25) is 0 Å². The van der Waals surface area contributed by atoms with Crippen LogP contribution in [-0.4, -0.2) is 20.8 Å². The number of ether oxygens (including phenoxy) is 1. The minimum atomic E-state index is -2.44. The number of alkyl halides is 2. The van der Waals surface area contributed by atoms with Gasteiger partial charge in [0, 0.05) is 30.4 Å². The first kappa shape index (κ1) is 15.4. The molecule has 0 saturated carbocycles. The Morgan fingerprint density at radius 3 is 2.61 bits per heavy atom. The second-order valence-electron chi connectivity index (χ2n) is 5.45. The van der Waals surface area contributed by atoms with Crippen LogP contribution in [-0.2, 0) is 6.54 Å². The Labute approximate surface area is 134 Å². The van der Waals surface area contributed by atoms with Crippen LogP contribution in [0.4, 0.5) is 25.8 Å². The highest BCUT2D eigenvalue weighted by Gasteiger charge is 2.22. The van der Waals surface area contributed by atoms with Crippen molar-refractivity contribution >= 4 is 17.1 Å². The Hall–Kier alpha value is -2.50. The molecule has 1 aliphatic rings. The summed E-state index contributed by atoms with van der Waals surface area (Å²) in [5, 5.41) is 6.59. The van der Waals surface area contributed by atoms with Crippen LogP contribution in [0.5, 0.6) is 5.75 Å². The number of halogens is 2. The zero-order valence-electron chi connectivity index (χ0n) is 13.1. The number of fused-ring (bicyclic) bond motifs is 1. The van der Waals surface area contributed by atoms with E-state index >= 15 is 0 Å². The van der Waals surface area contributed by atoms with Crippen LogP contribution < -0.4 is 20.3 Å². The van der Waals surface area contributed by atoms with Gasteiger partial charge in [0.1, 0.15) is 5.75 Å². The van der Waals surface area contributed by atoms with Crippen molar-refractivity contribution in [3.63, 3.8) is 0 Å². The molecule has 0 fully saturated rings. The van der Waals surface area contributed by atoms with Crippen molar-refractivity contribution in [2.24, 2.45) is 0 Å². The van der Waals surface area contributed by atoms with E-state index in [1.54, 1.807) is 19.2 Å². The maximum absolute atomic E-state index is 12.6. The lowest BCUT2D eigenvalue weighted by Gasteiger charge is -2.19. The predicted octanol–water partition coefficient (Wildman–Crippen LogP) is 4.06. The Kier molecular flexibility index (Phi) is 4.23. The SMILES string of the molecule is COc1ccc2c(c1CNc1ccc(C(F)F)cc1)N(C)CN2. The summed E-state index contributed by atoms with van der Waals surface area (Å²) in [6.45, 7) is 1.30. The fourth-order valence-corrected chi connectivity index (χ4v) is 2.78. The monoisotopic (exact) mass is 319 g/mol. The molecule has 0 saturated heterocycles. The van der Waals surface area contributed by atoms with Gasteiger partial charge in [-0.1, -0.05) is 12.1 Å². The summed E-state index contributed by atoms with van der Waals surface area (Å²) in [5.41, 5.74) is 4.02. The minimum absolute atomic E-state index is 0.0256. The molecule has 0 aliphatic carbocycles. The Balaban J connectivity index is 1.81. The molecule has 4 nitrogen and oxygen atoms in total. The number of anilines is 3. The van der Waals surface area contributed by atoms with Crippen molar-refractivity contribution in [1.82, 2.24) is 0 Å². The lowest BCUT2D eigenvalue weighted by molar-refractivity contribution is 0.151. The number of benzene rings is 2. The van der Waals surface area contributed by atoms with Gasteiger partial charge < -0.3 is 20.3 Å². The van der Waals surface area contributed by atoms with Gasteiger partial charge in [0.15, 0.2) is 0 Å². The molecule has 0 amide bonds. The fourth-order valence-electron chi connectivity index (χ4n) is 2.78. The molecule has 0 aromatic heterocycles. The zero-order chi connectivity index (χ0) is 16.4. The molecular formula is C17H19F2N3O. The van der Waals surface area contributed by atoms with E-state index in [2.05, 4.69) is 15.5 Å². The van der Waals surface area contributed by atoms with Gasteiger partial charge in [0.25, 0.3) is 6.43 Å². The van der Waals surface area contributed by atoms with Crippen LogP contribution in [0.2, 0.25) is 0 Å². The van der Waals surface area contributed by atoms with Crippen molar-refractivity contribution in [3.05, 3.63) is 47.5 Å². The van der Waals surface area contributed by atoms with E-state index < -0.39 is 6.43 Å². The van der Waals surface area contributed by atoms with E-state index in [0.29, 0.717) is 6.54 Å². The fraction of sp³-hybridized carbons (Fsp3) is 0.294. The average Bonchev–Trinajstić information content (AvgIpc) is 2.94. The maximum atomic E-state index is 12.6. The first-order valence-electron chi connectivity index (χ1n) is 7.37. The first-order chi connectivity index (χ1) is 11.1. The van der Waals surface area contributed by atoms with E-state index in [4.69, 9.17) is 4.74 Å². The molecular weight excluding hydrogens is 300 g/mol. The Morgan fingerprint density at radius 1 is 1.22 bits per heavy atom. The van der Waals surface area contributed by atoms with E-state index in [9.17, 15) is 8.78 Å².